The van der Waals surface area contributed by atoms with E-state index in [-0.39, 0.29) is 5.56 Å². The molecule has 7 nitrogen and oxygen atoms in total. The predicted molar refractivity (Wildman–Crippen MR) is 66.8 cm³/mol. The number of rotatable bonds is 7. The second kappa shape index (κ2) is 7.01. The number of hydrogen-bond acceptors (Lipinski definition) is 6. The van der Waals surface area contributed by atoms with Gasteiger partial charge in [-0.15, -0.1) is 0 Å². The highest BCUT2D eigenvalue weighted by Gasteiger charge is 2.35. The summed E-state index contributed by atoms with van der Waals surface area (Å²) in [5, 5.41) is 19.6. The van der Waals surface area contributed by atoms with Gasteiger partial charge in [0.15, 0.2) is 12.0 Å². The fraction of sp³-hybridized carbons (Fsp3) is 0.500. The number of carbonyl (C=O) groups excluding carboxylic acids is 1. The standard InChI is InChI=1S/C12H15FN2O5/c1-7(2)20-12(11(13)10(17)6-16)8-3-4-14-5-9(8)15(18)19/h3-5,7,11-12,16H,6H2,1-2H3/t11-,12+/m1/s1. The molecule has 0 fully saturated rings. The van der Waals surface area contributed by atoms with Gasteiger partial charge in [0.2, 0.25) is 0 Å². The summed E-state index contributed by atoms with van der Waals surface area (Å²) in [6.45, 7) is 2.21. The third kappa shape index (κ3) is 3.78. The van der Waals surface area contributed by atoms with E-state index in [1.54, 1.807) is 13.8 Å². The van der Waals surface area contributed by atoms with Crippen LogP contribution in [0.15, 0.2) is 18.5 Å². The number of ether oxygens (including phenoxy) is 1. The SMILES string of the molecule is CC(C)O[C@@H](c1ccncc1[N+](=O)[O-])[C@H](F)C(=O)CO. The first-order valence-corrected chi connectivity index (χ1v) is 5.89. The van der Waals surface area contributed by atoms with Crippen molar-refractivity contribution in [2.75, 3.05) is 6.61 Å². The van der Waals surface area contributed by atoms with Gasteiger partial charge in [-0.05, 0) is 19.9 Å². The second-order valence-electron chi connectivity index (χ2n) is 4.32. The molecule has 1 heterocycles. The minimum absolute atomic E-state index is 0.0898. The molecule has 0 amide bonds. The molecule has 0 radical (unpaired) electrons. The molecule has 0 saturated heterocycles. The van der Waals surface area contributed by atoms with E-state index < -0.39 is 41.4 Å². The van der Waals surface area contributed by atoms with E-state index in [1.807, 2.05) is 0 Å². The minimum Gasteiger partial charge on any atom is -0.388 e. The number of aliphatic hydroxyl groups excluding tert-OH is 1. The van der Waals surface area contributed by atoms with Crippen LogP contribution in [-0.2, 0) is 9.53 Å². The number of nitrogens with zero attached hydrogens (tertiary/aromatic N) is 2. The van der Waals surface area contributed by atoms with Gasteiger partial charge >= 0.3 is 0 Å². The fourth-order valence-electron chi connectivity index (χ4n) is 1.64. The Morgan fingerprint density at radius 1 is 1.60 bits per heavy atom. The number of nitro groups is 1. The topological polar surface area (TPSA) is 103 Å². The molecule has 0 saturated carbocycles. The molecule has 1 rings (SSSR count). The Balaban J connectivity index is 3.23. The van der Waals surface area contributed by atoms with E-state index in [4.69, 9.17) is 9.84 Å². The van der Waals surface area contributed by atoms with Crippen LogP contribution in [0.25, 0.3) is 0 Å². The largest absolute Gasteiger partial charge is 0.388 e. The molecule has 110 valence electrons. The van der Waals surface area contributed by atoms with Crippen molar-refractivity contribution in [3.8, 4) is 0 Å². The van der Waals surface area contributed by atoms with Crippen molar-refractivity contribution in [3.63, 3.8) is 0 Å². The molecule has 0 aliphatic heterocycles. The van der Waals surface area contributed by atoms with Gasteiger partial charge in [-0.3, -0.25) is 19.9 Å². The van der Waals surface area contributed by atoms with E-state index >= 15 is 0 Å². The van der Waals surface area contributed by atoms with Crippen LogP contribution in [0, 0.1) is 10.1 Å². The predicted octanol–water partition coefficient (Wildman–Crippen LogP) is 1.36. The summed E-state index contributed by atoms with van der Waals surface area (Å²) in [6, 6.07) is 1.22. The van der Waals surface area contributed by atoms with E-state index in [0.717, 1.165) is 6.20 Å². The van der Waals surface area contributed by atoms with Gasteiger partial charge < -0.3 is 9.84 Å². The van der Waals surface area contributed by atoms with Gasteiger partial charge in [0.1, 0.15) is 18.9 Å². The third-order valence-electron chi connectivity index (χ3n) is 2.48. The van der Waals surface area contributed by atoms with Crippen molar-refractivity contribution in [2.45, 2.75) is 32.2 Å². The van der Waals surface area contributed by atoms with Crippen LogP contribution in [-0.4, -0.2) is 39.7 Å². The summed E-state index contributed by atoms with van der Waals surface area (Å²) in [4.78, 5) is 25.1. The number of alkyl halides is 1. The van der Waals surface area contributed by atoms with Crippen molar-refractivity contribution in [2.24, 2.45) is 0 Å². The van der Waals surface area contributed by atoms with Crippen LogP contribution in [0.3, 0.4) is 0 Å². The quantitative estimate of drug-likeness (QED) is 0.599. The molecule has 0 aliphatic rings. The smallest absolute Gasteiger partial charge is 0.293 e. The van der Waals surface area contributed by atoms with E-state index in [0.29, 0.717) is 0 Å². The van der Waals surface area contributed by atoms with Crippen molar-refractivity contribution >= 4 is 11.5 Å². The van der Waals surface area contributed by atoms with Crippen LogP contribution in [0.4, 0.5) is 10.1 Å². The Kier molecular flexibility index (Phi) is 5.66. The Morgan fingerprint density at radius 2 is 2.25 bits per heavy atom. The van der Waals surface area contributed by atoms with Gasteiger partial charge in [-0.2, -0.15) is 0 Å². The molecule has 0 bridgehead atoms. The normalized spacial score (nSPS) is 14.1. The maximum Gasteiger partial charge on any atom is 0.293 e. The zero-order valence-corrected chi connectivity index (χ0v) is 11.0. The van der Waals surface area contributed by atoms with E-state index in [9.17, 15) is 19.3 Å². The molecule has 1 aromatic rings. The summed E-state index contributed by atoms with van der Waals surface area (Å²) in [6.07, 6.45) is -1.91. The Hall–Kier alpha value is -1.93. The summed E-state index contributed by atoms with van der Waals surface area (Å²) in [7, 11) is 0. The zero-order chi connectivity index (χ0) is 15.3. The van der Waals surface area contributed by atoms with Crippen LogP contribution >= 0.6 is 0 Å². The number of hydrogen-bond donors (Lipinski definition) is 1. The van der Waals surface area contributed by atoms with Crippen molar-refractivity contribution < 1.29 is 24.0 Å². The van der Waals surface area contributed by atoms with Gasteiger partial charge in [0, 0.05) is 6.20 Å². The highest BCUT2D eigenvalue weighted by Crippen LogP contribution is 2.32. The van der Waals surface area contributed by atoms with Crippen LogP contribution < -0.4 is 0 Å². The lowest BCUT2D eigenvalue weighted by atomic mass is 10.0. The molecule has 0 unspecified atom stereocenters. The first-order chi connectivity index (χ1) is 9.38. The van der Waals surface area contributed by atoms with Gasteiger partial charge in [-0.25, -0.2) is 4.39 Å². The maximum absolute atomic E-state index is 14.1. The summed E-state index contributed by atoms with van der Waals surface area (Å²) in [5.74, 6) is -1.10. The number of ketones is 1. The lowest BCUT2D eigenvalue weighted by Gasteiger charge is -2.22. The van der Waals surface area contributed by atoms with Crippen molar-refractivity contribution in [1.82, 2.24) is 4.98 Å². The average molecular weight is 286 g/mol. The minimum atomic E-state index is -2.19. The molecule has 0 aromatic carbocycles. The van der Waals surface area contributed by atoms with Crippen LogP contribution in [0.2, 0.25) is 0 Å². The first kappa shape index (κ1) is 16.1. The number of aromatic nitrogens is 1. The first-order valence-electron chi connectivity index (χ1n) is 5.89. The van der Waals surface area contributed by atoms with Crippen molar-refractivity contribution in [3.05, 3.63) is 34.1 Å². The number of Topliss-reactive ketones (excluding diaryl/α,β-unsaturated/α-hetero) is 1. The molecule has 0 aliphatic carbocycles. The maximum atomic E-state index is 14.1. The Bertz CT molecular complexity index is 494. The van der Waals surface area contributed by atoms with Gasteiger partial charge in [-0.1, -0.05) is 0 Å². The Labute approximate surface area is 114 Å². The van der Waals surface area contributed by atoms with Gasteiger partial charge in [0.25, 0.3) is 5.69 Å². The molecular weight excluding hydrogens is 271 g/mol. The third-order valence-corrected chi connectivity index (χ3v) is 2.48. The Morgan fingerprint density at radius 3 is 2.75 bits per heavy atom. The number of carbonyl (C=O) groups is 1. The fourth-order valence-corrected chi connectivity index (χ4v) is 1.64. The number of halogens is 1. The lowest BCUT2D eigenvalue weighted by molar-refractivity contribution is -0.386. The average Bonchev–Trinajstić information content (AvgIpc) is 2.42. The molecular formula is C12H15FN2O5. The van der Waals surface area contributed by atoms with Crippen LogP contribution in [0.1, 0.15) is 25.5 Å². The van der Waals surface area contributed by atoms with Crippen molar-refractivity contribution in [1.29, 1.82) is 0 Å². The van der Waals surface area contributed by atoms with E-state index in [1.165, 1.54) is 12.3 Å². The van der Waals surface area contributed by atoms with Crippen LogP contribution in [0.5, 0.6) is 0 Å². The molecule has 2 atom stereocenters. The molecule has 1 N–H and O–H groups in total. The summed E-state index contributed by atoms with van der Waals surface area (Å²) < 4.78 is 19.3. The number of aliphatic hydroxyl groups is 1. The molecule has 20 heavy (non-hydrogen) atoms. The number of pyridine rings is 1. The summed E-state index contributed by atoms with van der Waals surface area (Å²) in [5.41, 5.74) is -0.528. The summed E-state index contributed by atoms with van der Waals surface area (Å²) >= 11 is 0. The molecule has 1 aromatic heterocycles. The second-order valence-corrected chi connectivity index (χ2v) is 4.32. The lowest BCUT2D eigenvalue weighted by Crippen LogP contribution is -2.30. The molecule has 8 heteroatoms. The monoisotopic (exact) mass is 286 g/mol. The highest BCUT2D eigenvalue weighted by atomic mass is 19.1. The highest BCUT2D eigenvalue weighted by molar-refractivity contribution is 5.84. The zero-order valence-electron chi connectivity index (χ0n) is 11.0. The van der Waals surface area contributed by atoms with E-state index in [2.05, 4.69) is 4.98 Å². The molecule has 0 spiro atoms. The van der Waals surface area contributed by atoms with Gasteiger partial charge in [0.05, 0.1) is 16.6 Å².